The van der Waals surface area contributed by atoms with E-state index in [1.807, 2.05) is 0 Å². The molecule has 1 atom stereocenters. The van der Waals surface area contributed by atoms with Crippen molar-refractivity contribution in [2.75, 3.05) is 0 Å². The van der Waals surface area contributed by atoms with E-state index in [1.54, 1.807) is 27.7 Å². The molecule has 7 heteroatoms. The van der Waals surface area contributed by atoms with Crippen molar-refractivity contribution < 1.29 is 24.4 Å². The highest BCUT2D eigenvalue weighted by atomic mass is 16.7. The SMILES string of the molecule is CC1(C)CC(C(=O)ON2C(=O)CCC2=O)C(C)(C)N1[O]. The average molecular weight is 283 g/mol. The second-order valence-corrected chi connectivity index (χ2v) is 6.51. The molecule has 0 bridgehead atoms. The number of carbonyl (C=O) groups is 3. The fourth-order valence-electron chi connectivity index (χ4n) is 2.94. The first-order chi connectivity index (χ1) is 9.07. The molecule has 2 heterocycles. The fourth-order valence-corrected chi connectivity index (χ4v) is 2.94. The summed E-state index contributed by atoms with van der Waals surface area (Å²) in [6.07, 6.45) is 0.428. The van der Waals surface area contributed by atoms with Gasteiger partial charge in [-0.15, -0.1) is 15.3 Å². The summed E-state index contributed by atoms with van der Waals surface area (Å²) in [5.74, 6) is -2.42. The van der Waals surface area contributed by atoms with Crippen LogP contribution in [0.4, 0.5) is 0 Å². The molecule has 2 fully saturated rings. The molecule has 2 aliphatic heterocycles. The smallest absolute Gasteiger partial charge is 0.330 e. The molecule has 2 aliphatic rings. The summed E-state index contributed by atoms with van der Waals surface area (Å²) < 4.78 is 0. The molecule has 2 amide bonds. The highest BCUT2D eigenvalue weighted by molar-refractivity contribution is 6.01. The van der Waals surface area contributed by atoms with Gasteiger partial charge >= 0.3 is 5.97 Å². The van der Waals surface area contributed by atoms with Gasteiger partial charge < -0.3 is 4.84 Å². The van der Waals surface area contributed by atoms with Crippen LogP contribution in [0.3, 0.4) is 0 Å². The molecule has 2 rings (SSSR count). The summed E-state index contributed by atoms with van der Waals surface area (Å²) in [7, 11) is 0. The summed E-state index contributed by atoms with van der Waals surface area (Å²) in [5.41, 5.74) is -1.63. The number of amides is 2. The maximum Gasteiger partial charge on any atom is 0.338 e. The number of hydroxylamine groups is 4. The average Bonchev–Trinajstić information content (AvgIpc) is 2.73. The second kappa shape index (κ2) is 4.53. The predicted octanol–water partition coefficient (Wildman–Crippen LogP) is 0.818. The first-order valence-electron chi connectivity index (χ1n) is 6.62. The quantitative estimate of drug-likeness (QED) is 0.700. The van der Waals surface area contributed by atoms with Crippen LogP contribution in [0.1, 0.15) is 47.0 Å². The Balaban J connectivity index is 2.14. The van der Waals surface area contributed by atoms with E-state index < -0.39 is 34.8 Å². The molecule has 0 aromatic heterocycles. The van der Waals surface area contributed by atoms with Crippen molar-refractivity contribution in [1.82, 2.24) is 10.1 Å². The molecule has 111 valence electrons. The van der Waals surface area contributed by atoms with Crippen LogP contribution in [0.15, 0.2) is 0 Å². The van der Waals surface area contributed by atoms with E-state index >= 15 is 0 Å². The van der Waals surface area contributed by atoms with Gasteiger partial charge in [0.15, 0.2) is 0 Å². The predicted molar refractivity (Wildman–Crippen MR) is 66.0 cm³/mol. The van der Waals surface area contributed by atoms with Crippen molar-refractivity contribution in [3.63, 3.8) is 0 Å². The lowest BCUT2D eigenvalue weighted by atomic mass is 9.87. The van der Waals surface area contributed by atoms with Gasteiger partial charge in [0.05, 0.1) is 11.5 Å². The molecule has 20 heavy (non-hydrogen) atoms. The van der Waals surface area contributed by atoms with E-state index in [2.05, 4.69) is 0 Å². The van der Waals surface area contributed by atoms with Crippen molar-refractivity contribution in [3.05, 3.63) is 0 Å². The van der Waals surface area contributed by atoms with Crippen LogP contribution in [0.25, 0.3) is 0 Å². The van der Waals surface area contributed by atoms with Crippen LogP contribution in [-0.2, 0) is 24.4 Å². The fraction of sp³-hybridized carbons (Fsp3) is 0.769. The van der Waals surface area contributed by atoms with Crippen molar-refractivity contribution in [1.29, 1.82) is 0 Å². The number of nitrogens with zero attached hydrogens (tertiary/aromatic N) is 2. The van der Waals surface area contributed by atoms with Crippen molar-refractivity contribution in [2.45, 2.75) is 58.0 Å². The molecular formula is C13H19N2O5. The number of hydrogen-bond donors (Lipinski definition) is 0. The lowest BCUT2D eigenvalue weighted by Crippen LogP contribution is -2.48. The number of rotatable bonds is 2. The summed E-state index contributed by atoms with van der Waals surface area (Å²) >= 11 is 0. The lowest BCUT2D eigenvalue weighted by molar-refractivity contribution is -0.250. The van der Waals surface area contributed by atoms with Gasteiger partial charge in [0.2, 0.25) is 0 Å². The molecular weight excluding hydrogens is 264 g/mol. The van der Waals surface area contributed by atoms with Gasteiger partial charge in [-0.2, -0.15) is 0 Å². The van der Waals surface area contributed by atoms with Gasteiger partial charge in [0.1, 0.15) is 0 Å². The summed E-state index contributed by atoms with van der Waals surface area (Å²) in [6.45, 7) is 6.82. The molecule has 0 N–H and O–H groups in total. The maximum absolute atomic E-state index is 12.2. The zero-order valence-electron chi connectivity index (χ0n) is 12.1. The van der Waals surface area contributed by atoms with Crippen molar-refractivity contribution in [2.24, 2.45) is 5.92 Å². The van der Waals surface area contributed by atoms with Crippen molar-refractivity contribution >= 4 is 17.8 Å². The Bertz CT molecular complexity index is 455. The molecule has 1 radical (unpaired) electrons. The molecule has 2 saturated heterocycles. The Kier molecular flexibility index (Phi) is 3.38. The summed E-state index contributed by atoms with van der Waals surface area (Å²) in [5, 5.41) is 13.6. The van der Waals surface area contributed by atoms with Crippen LogP contribution < -0.4 is 0 Å². The molecule has 0 aliphatic carbocycles. The molecule has 0 aromatic rings. The van der Waals surface area contributed by atoms with E-state index in [9.17, 15) is 19.6 Å². The van der Waals surface area contributed by atoms with Crippen molar-refractivity contribution in [3.8, 4) is 0 Å². The number of imide groups is 1. The Morgan fingerprint density at radius 1 is 1.15 bits per heavy atom. The second-order valence-electron chi connectivity index (χ2n) is 6.51. The van der Waals surface area contributed by atoms with E-state index in [0.717, 1.165) is 5.06 Å². The van der Waals surface area contributed by atoms with Gasteiger partial charge in [-0.25, -0.2) is 4.79 Å². The molecule has 1 unspecified atom stereocenters. The van der Waals surface area contributed by atoms with Gasteiger partial charge in [-0.1, -0.05) is 0 Å². The van der Waals surface area contributed by atoms with E-state index in [4.69, 9.17) is 4.84 Å². The minimum absolute atomic E-state index is 0.0549. The van der Waals surface area contributed by atoms with E-state index in [0.29, 0.717) is 11.5 Å². The molecule has 0 aromatic carbocycles. The Morgan fingerprint density at radius 3 is 2.05 bits per heavy atom. The summed E-state index contributed by atoms with van der Waals surface area (Å²) in [6, 6.07) is 0. The number of carbonyl (C=O) groups excluding carboxylic acids is 3. The van der Waals surface area contributed by atoms with Gasteiger partial charge in [-0.3, -0.25) is 9.59 Å². The maximum atomic E-state index is 12.2. The Labute approximate surface area is 117 Å². The van der Waals surface area contributed by atoms with Crippen LogP contribution >= 0.6 is 0 Å². The van der Waals surface area contributed by atoms with Gasteiger partial charge in [0.25, 0.3) is 11.8 Å². The van der Waals surface area contributed by atoms with Crippen LogP contribution in [0.2, 0.25) is 0 Å². The van der Waals surface area contributed by atoms with Crippen LogP contribution in [0, 0.1) is 5.92 Å². The highest BCUT2D eigenvalue weighted by Gasteiger charge is 2.56. The molecule has 0 saturated carbocycles. The molecule has 7 nitrogen and oxygen atoms in total. The minimum Gasteiger partial charge on any atom is -0.330 e. The standard InChI is InChI=1S/C13H19N2O5/c1-12(2)7-8(13(3,4)15(12)19)11(18)20-14-9(16)5-6-10(14)17/h8H,5-7H2,1-4H3. The minimum atomic E-state index is -0.938. The first kappa shape index (κ1) is 14.9. The zero-order valence-corrected chi connectivity index (χ0v) is 12.1. The third-order valence-corrected chi connectivity index (χ3v) is 4.10. The number of hydrogen-bond acceptors (Lipinski definition) is 5. The third-order valence-electron chi connectivity index (χ3n) is 4.10. The summed E-state index contributed by atoms with van der Waals surface area (Å²) in [4.78, 5) is 40.0. The van der Waals surface area contributed by atoms with Gasteiger partial charge in [-0.05, 0) is 34.1 Å². The van der Waals surface area contributed by atoms with E-state index in [1.165, 1.54) is 0 Å². The van der Waals surface area contributed by atoms with E-state index in [-0.39, 0.29) is 12.8 Å². The van der Waals surface area contributed by atoms with Crippen LogP contribution in [-0.4, -0.2) is 39.0 Å². The molecule has 0 spiro atoms. The zero-order chi connectivity index (χ0) is 15.3. The third kappa shape index (κ3) is 2.20. The largest absolute Gasteiger partial charge is 0.338 e. The van der Waals surface area contributed by atoms with Crippen LogP contribution in [0.5, 0.6) is 0 Å². The Morgan fingerprint density at radius 2 is 1.65 bits per heavy atom. The lowest BCUT2D eigenvalue weighted by Gasteiger charge is -2.33. The normalized spacial score (nSPS) is 29.1. The highest BCUT2D eigenvalue weighted by Crippen LogP contribution is 2.44. The topological polar surface area (TPSA) is 86.8 Å². The Hall–Kier alpha value is -1.47. The first-order valence-corrected chi connectivity index (χ1v) is 6.62. The monoisotopic (exact) mass is 283 g/mol. The van der Waals surface area contributed by atoms with Gasteiger partial charge in [0, 0.05) is 18.4 Å².